The molecule has 9 heteroatoms. The van der Waals surface area contributed by atoms with Crippen molar-refractivity contribution < 1.29 is 10.2 Å². The summed E-state index contributed by atoms with van der Waals surface area (Å²) in [4.78, 5) is 4.92. The van der Waals surface area contributed by atoms with Gasteiger partial charge in [0.15, 0.2) is 6.29 Å². The van der Waals surface area contributed by atoms with Crippen molar-refractivity contribution in [2.45, 2.75) is 57.9 Å². The van der Waals surface area contributed by atoms with E-state index in [-0.39, 0.29) is 0 Å². The molecule has 1 aliphatic rings. The van der Waals surface area contributed by atoms with Crippen LogP contribution in [0.25, 0.3) is 28.0 Å². The van der Waals surface area contributed by atoms with Crippen LogP contribution >= 0.6 is 0 Å². The van der Waals surface area contributed by atoms with Crippen LogP contribution in [0.1, 0.15) is 51.6 Å². The van der Waals surface area contributed by atoms with Gasteiger partial charge in [-0.3, -0.25) is 9.36 Å². The molecular formula is C22H27N7O2. The highest BCUT2D eigenvalue weighted by molar-refractivity contribution is 5.78. The largest absolute Gasteiger partial charge is 0.366 e. The van der Waals surface area contributed by atoms with Crippen LogP contribution in [-0.4, -0.2) is 50.7 Å². The van der Waals surface area contributed by atoms with Crippen LogP contribution in [-0.2, 0) is 0 Å². The monoisotopic (exact) mass is 421 g/mol. The molecule has 4 aromatic rings. The molecule has 1 aliphatic carbocycles. The second kappa shape index (κ2) is 7.90. The molecule has 0 spiro atoms. The standard InChI is InChI=1S/C22H27N7O2/c1-14-5-3-4-6-19(14)28-12-17(10-25-28)21-20-7-8-23-29(20)13-18(26-21)16-9-24-27(11-16)15(2)22(30)31/h7-15,19,22,30-31H,3-6H2,1-2H3/t14-,15?,19-/m1/s1. The fourth-order valence-electron chi connectivity index (χ4n) is 4.44. The highest BCUT2D eigenvalue weighted by Gasteiger charge is 2.24. The minimum absolute atomic E-state index is 0.427. The van der Waals surface area contributed by atoms with Gasteiger partial charge in [-0.25, -0.2) is 9.50 Å². The Hall–Kier alpha value is -3.04. The molecule has 0 amide bonds. The van der Waals surface area contributed by atoms with Gasteiger partial charge >= 0.3 is 0 Å². The molecule has 0 aromatic carbocycles. The topological polar surface area (TPSA) is 106 Å². The number of fused-ring (bicyclic) bond motifs is 1. The molecule has 162 valence electrons. The first-order valence-electron chi connectivity index (χ1n) is 10.8. The molecule has 1 saturated carbocycles. The summed E-state index contributed by atoms with van der Waals surface area (Å²) in [5.41, 5.74) is 4.16. The number of hydrogen-bond donors (Lipinski definition) is 2. The van der Waals surface area contributed by atoms with E-state index in [0.717, 1.165) is 28.8 Å². The molecule has 5 rings (SSSR count). The number of hydrogen-bond acceptors (Lipinski definition) is 6. The van der Waals surface area contributed by atoms with Gasteiger partial charge in [-0.1, -0.05) is 19.8 Å². The van der Waals surface area contributed by atoms with Gasteiger partial charge in [0.2, 0.25) is 0 Å². The summed E-state index contributed by atoms with van der Waals surface area (Å²) in [7, 11) is 0. The van der Waals surface area contributed by atoms with Gasteiger partial charge < -0.3 is 10.2 Å². The van der Waals surface area contributed by atoms with Crippen molar-refractivity contribution in [1.29, 1.82) is 0 Å². The molecule has 4 aromatic heterocycles. The summed E-state index contributed by atoms with van der Waals surface area (Å²) in [5, 5.41) is 32.3. The van der Waals surface area contributed by atoms with Gasteiger partial charge in [0.1, 0.15) is 0 Å². The average molecular weight is 422 g/mol. The Labute approximate surface area is 180 Å². The number of aliphatic hydroxyl groups excluding tert-OH is 1. The van der Waals surface area contributed by atoms with E-state index in [2.05, 4.69) is 33.1 Å². The summed E-state index contributed by atoms with van der Waals surface area (Å²) >= 11 is 0. The summed E-state index contributed by atoms with van der Waals surface area (Å²) in [6.45, 7) is 4.00. The highest BCUT2D eigenvalue weighted by atomic mass is 16.5. The Balaban J connectivity index is 1.54. The van der Waals surface area contributed by atoms with Gasteiger partial charge in [0.25, 0.3) is 0 Å². The van der Waals surface area contributed by atoms with E-state index in [1.165, 1.54) is 23.9 Å². The van der Waals surface area contributed by atoms with Crippen LogP contribution in [0.3, 0.4) is 0 Å². The van der Waals surface area contributed by atoms with Crippen LogP contribution in [0.4, 0.5) is 0 Å². The van der Waals surface area contributed by atoms with Crippen molar-refractivity contribution in [3.8, 4) is 22.5 Å². The summed E-state index contributed by atoms with van der Waals surface area (Å²) in [6, 6.07) is 1.81. The second-order valence-corrected chi connectivity index (χ2v) is 8.54. The first kappa shape index (κ1) is 19.9. The maximum Gasteiger partial charge on any atom is 0.174 e. The molecule has 0 radical (unpaired) electrons. The lowest BCUT2D eigenvalue weighted by Gasteiger charge is -2.28. The lowest BCUT2D eigenvalue weighted by molar-refractivity contribution is -0.0757. The lowest BCUT2D eigenvalue weighted by atomic mass is 9.86. The molecule has 2 N–H and O–H groups in total. The summed E-state index contributed by atoms with van der Waals surface area (Å²) < 4.78 is 5.43. The van der Waals surface area contributed by atoms with E-state index in [4.69, 9.17) is 4.98 Å². The lowest BCUT2D eigenvalue weighted by Crippen LogP contribution is -2.21. The van der Waals surface area contributed by atoms with Crippen LogP contribution < -0.4 is 0 Å². The Kier molecular flexibility index (Phi) is 5.07. The van der Waals surface area contributed by atoms with Crippen molar-refractivity contribution in [2.75, 3.05) is 0 Å². The molecule has 0 bridgehead atoms. The minimum Gasteiger partial charge on any atom is -0.366 e. The quantitative estimate of drug-likeness (QED) is 0.480. The number of rotatable bonds is 5. The van der Waals surface area contributed by atoms with Gasteiger partial charge in [-0.15, -0.1) is 0 Å². The van der Waals surface area contributed by atoms with Crippen LogP contribution in [0.15, 0.2) is 43.2 Å². The first-order chi connectivity index (χ1) is 15.0. The van der Waals surface area contributed by atoms with Crippen LogP contribution in [0, 0.1) is 5.92 Å². The molecule has 4 heterocycles. The second-order valence-electron chi connectivity index (χ2n) is 8.54. The maximum absolute atomic E-state index is 9.44. The number of nitrogens with zero attached hydrogens (tertiary/aromatic N) is 7. The van der Waals surface area contributed by atoms with Crippen LogP contribution in [0.5, 0.6) is 0 Å². The minimum atomic E-state index is -1.49. The van der Waals surface area contributed by atoms with Crippen molar-refractivity contribution >= 4 is 5.52 Å². The molecule has 1 fully saturated rings. The Bertz CT molecular complexity index is 1190. The van der Waals surface area contributed by atoms with Crippen molar-refractivity contribution in [1.82, 2.24) is 34.2 Å². The van der Waals surface area contributed by atoms with Gasteiger partial charge in [0, 0.05) is 23.5 Å². The first-order valence-corrected chi connectivity index (χ1v) is 10.8. The van der Waals surface area contributed by atoms with Crippen molar-refractivity contribution in [2.24, 2.45) is 5.92 Å². The predicted octanol–water partition coefficient (Wildman–Crippen LogP) is 3.08. The van der Waals surface area contributed by atoms with E-state index in [1.54, 1.807) is 30.0 Å². The van der Waals surface area contributed by atoms with Crippen LogP contribution in [0.2, 0.25) is 0 Å². The number of aliphatic hydroxyl groups is 2. The van der Waals surface area contributed by atoms with Crippen molar-refractivity contribution in [3.63, 3.8) is 0 Å². The zero-order valence-electron chi connectivity index (χ0n) is 17.7. The zero-order chi connectivity index (χ0) is 21.5. The van der Waals surface area contributed by atoms with Gasteiger partial charge in [-0.05, 0) is 31.7 Å². The van der Waals surface area contributed by atoms with E-state index in [9.17, 15) is 10.2 Å². The Morgan fingerprint density at radius 3 is 2.61 bits per heavy atom. The smallest absolute Gasteiger partial charge is 0.174 e. The van der Waals surface area contributed by atoms with E-state index in [0.29, 0.717) is 17.7 Å². The number of aromatic nitrogens is 7. The SMILES string of the molecule is CC(C(O)O)n1cc(-c2cn3nccc3c(-c3cnn([C@@H]4CCCC[C@H]4C)c3)n2)cn1. The molecular weight excluding hydrogens is 394 g/mol. The fourth-order valence-corrected chi connectivity index (χ4v) is 4.44. The summed E-state index contributed by atoms with van der Waals surface area (Å²) in [5.74, 6) is 0.616. The molecule has 9 nitrogen and oxygen atoms in total. The maximum atomic E-state index is 9.44. The third-order valence-corrected chi connectivity index (χ3v) is 6.42. The third-order valence-electron chi connectivity index (χ3n) is 6.42. The Morgan fingerprint density at radius 2 is 1.81 bits per heavy atom. The van der Waals surface area contributed by atoms with E-state index >= 15 is 0 Å². The Morgan fingerprint density at radius 1 is 1.00 bits per heavy atom. The molecule has 31 heavy (non-hydrogen) atoms. The molecule has 0 saturated heterocycles. The van der Waals surface area contributed by atoms with Crippen molar-refractivity contribution in [3.05, 3.63) is 43.2 Å². The zero-order valence-corrected chi connectivity index (χ0v) is 17.7. The third kappa shape index (κ3) is 3.64. The molecule has 0 aliphatic heterocycles. The molecule has 1 unspecified atom stereocenters. The van der Waals surface area contributed by atoms with E-state index < -0.39 is 12.3 Å². The van der Waals surface area contributed by atoms with Gasteiger partial charge in [0.05, 0.1) is 53.8 Å². The highest BCUT2D eigenvalue weighted by Crippen LogP contribution is 2.34. The fraction of sp³-hybridized carbons (Fsp3) is 0.455. The molecule has 3 atom stereocenters. The summed E-state index contributed by atoms with van der Waals surface area (Å²) in [6.07, 6.45) is 14.5. The average Bonchev–Trinajstić information content (AvgIpc) is 3.52. The normalized spacial score (nSPS) is 20.5. The predicted molar refractivity (Wildman–Crippen MR) is 115 cm³/mol. The van der Waals surface area contributed by atoms with Gasteiger partial charge in [-0.2, -0.15) is 15.3 Å². The van der Waals surface area contributed by atoms with E-state index in [1.807, 2.05) is 18.5 Å².